The zero-order valence-electron chi connectivity index (χ0n) is 9.51. The molecule has 2 heteroatoms. The minimum absolute atomic E-state index is 0.0394. The van der Waals surface area contributed by atoms with E-state index in [1.54, 1.807) is 0 Å². The largest absolute Gasteiger partial charge is 0.291 e. The Labute approximate surface area is 101 Å². The third-order valence-electron chi connectivity index (χ3n) is 2.76. The van der Waals surface area contributed by atoms with Crippen LogP contribution in [-0.4, -0.2) is 5.21 Å². The first kappa shape index (κ1) is 11.4. The molecule has 0 fully saturated rings. The van der Waals surface area contributed by atoms with E-state index in [0.29, 0.717) is 5.70 Å². The number of nitrogens with one attached hydrogen (secondary N) is 1. The van der Waals surface area contributed by atoms with E-state index in [4.69, 9.17) is 5.21 Å². The van der Waals surface area contributed by atoms with Crippen molar-refractivity contribution in [3.63, 3.8) is 0 Å². The Morgan fingerprint density at radius 1 is 0.882 bits per heavy atom. The minimum atomic E-state index is -0.0394. The van der Waals surface area contributed by atoms with Crippen molar-refractivity contribution in [1.29, 1.82) is 0 Å². The van der Waals surface area contributed by atoms with Crippen LogP contribution in [0.25, 0.3) is 0 Å². The van der Waals surface area contributed by atoms with Gasteiger partial charge in [0.15, 0.2) is 0 Å². The van der Waals surface area contributed by atoms with E-state index in [-0.39, 0.29) is 5.92 Å². The summed E-state index contributed by atoms with van der Waals surface area (Å²) in [4.78, 5) is 0. The zero-order valence-corrected chi connectivity index (χ0v) is 9.51. The van der Waals surface area contributed by atoms with E-state index in [1.165, 1.54) is 0 Å². The fourth-order valence-corrected chi connectivity index (χ4v) is 1.95. The molecule has 2 N–H and O–H groups in total. The van der Waals surface area contributed by atoms with Crippen molar-refractivity contribution in [3.8, 4) is 0 Å². The molecule has 2 nitrogen and oxygen atoms in total. The molecule has 17 heavy (non-hydrogen) atoms. The molecule has 0 amide bonds. The van der Waals surface area contributed by atoms with Gasteiger partial charge in [-0.1, -0.05) is 67.2 Å². The maximum absolute atomic E-state index is 9.08. The number of rotatable bonds is 4. The highest BCUT2D eigenvalue weighted by Crippen LogP contribution is 2.28. The number of hydroxylamine groups is 1. The molecule has 0 aliphatic carbocycles. The average molecular weight is 225 g/mol. The molecule has 0 aliphatic rings. The molecule has 0 saturated carbocycles. The highest BCUT2D eigenvalue weighted by molar-refractivity contribution is 5.39. The second-order valence-electron chi connectivity index (χ2n) is 3.89. The first-order valence-corrected chi connectivity index (χ1v) is 5.51. The Bertz CT molecular complexity index is 439. The van der Waals surface area contributed by atoms with Gasteiger partial charge in [0, 0.05) is 5.70 Å². The molecule has 0 unspecified atom stereocenters. The first-order chi connectivity index (χ1) is 8.33. The van der Waals surface area contributed by atoms with E-state index in [0.717, 1.165) is 11.1 Å². The lowest BCUT2D eigenvalue weighted by Gasteiger charge is -2.19. The third kappa shape index (κ3) is 2.55. The van der Waals surface area contributed by atoms with Crippen LogP contribution in [-0.2, 0) is 0 Å². The lowest BCUT2D eigenvalue weighted by molar-refractivity contribution is 0.195. The molecule has 0 radical (unpaired) electrons. The molecule has 2 rings (SSSR count). The van der Waals surface area contributed by atoms with Gasteiger partial charge in [0.25, 0.3) is 0 Å². The Morgan fingerprint density at radius 2 is 1.29 bits per heavy atom. The van der Waals surface area contributed by atoms with E-state index in [2.05, 4.69) is 12.1 Å². The van der Waals surface area contributed by atoms with Gasteiger partial charge < -0.3 is 0 Å². The lowest BCUT2D eigenvalue weighted by atomic mass is 9.89. The quantitative estimate of drug-likeness (QED) is 0.782. The van der Waals surface area contributed by atoms with Gasteiger partial charge in [-0.05, 0) is 11.1 Å². The smallest absolute Gasteiger partial charge is 0.0504 e. The zero-order chi connectivity index (χ0) is 12.1. The topological polar surface area (TPSA) is 32.3 Å². The summed E-state index contributed by atoms with van der Waals surface area (Å²) in [6.07, 6.45) is 0. The summed E-state index contributed by atoms with van der Waals surface area (Å²) in [6.45, 7) is 3.87. The fraction of sp³-hybridized carbons (Fsp3) is 0.0667. The van der Waals surface area contributed by atoms with E-state index in [9.17, 15) is 0 Å². The van der Waals surface area contributed by atoms with Crippen LogP contribution >= 0.6 is 0 Å². The van der Waals surface area contributed by atoms with Crippen molar-refractivity contribution in [3.05, 3.63) is 84.1 Å². The van der Waals surface area contributed by atoms with Gasteiger partial charge in [-0.2, -0.15) is 0 Å². The molecule has 0 spiro atoms. The summed E-state index contributed by atoms with van der Waals surface area (Å²) >= 11 is 0. The van der Waals surface area contributed by atoms with Crippen molar-refractivity contribution >= 4 is 0 Å². The van der Waals surface area contributed by atoms with Crippen molar-refractivity contribution in [1.82, 2.24) is 5.48 Å². The monoisotopic (exact) mass is 225 g/mol. The van der Waals surface area contributed by atoms with Crippen LogP contribution in [0, 0.1) is 0 Å². The second kappa shape index (κ2) is 5.32. The van der Waals surface area contributed by atoms with Crippen LogP contribution in [0.3, 0.4) is 0 Å². The summed E-state index contributed by atoms with van der Waals surface area (Å²) in [5.74, 6) is -0.0394. The maximum atomic E-state index is 9.08. The normalized spacial score (nSPS) is 10.2. The van der Waals surface area contributed by atoms with Crippen LogP contribution in [0.15, 0.2) is 72.9 Å². The van der Waals surface area contributed by atoms with Crippen molar-refractivity contribution < 1.29 is 5.21 Å². The van der Waals surface area contributed by atoms with E-state index in [1.807, 2.05) is 60.7 Å². The standard InChI is InChI=1S/C15H15NO/c1-12(16-17)15(13-8-4-2-5-9-13)14-10-6-3-7-11-14/h2-11,15-17H,1H2. The molecule has 0 bridgehead atoms. The Morgan fingerprint density at radius 3 is 1.65 bits per heavy atom. The minimum Gasteiger partial charge on any atom is -0.291 e. The number of benzene rings is 2. The molecule has 2 aromatic carbocycles. The van der Waals surface area contributed by atoms with Gasteiger partial charge in [0.05, 0.1) is 5.92 Å². The highest BCUT2D eigenvalue weighted by atomic mass is 16.5. The average Bonchev–Trinajstić information content (AvgIpc) is 2.41. The highest BCUT2D eigenvalue weighted by Gasteiger charge is 2.16. The van der Waals surface area contributed by atoms with Crippen molar-refractivity contribution in [2.75, 3.05) is 0 Å². The molecule has 0 heterocycles. The molecule has 2 aromatic rings. The Hall–Kier alpha value is -2.06. The summed E-state index contributed by atoms with van der Waals surface area (Å²) in [7, 11) is 0. The van der Waals surface area contributed by atoms with Crippen molar-refractivity contribution in [2.45, 2.75) is 5.92 Å². The van der Waals surface area contributed by atoms with Gasteiger partial charge in [0.2, 0.25) is 0 Å². The van der Waals surface area contributed by atoms with Gasteiger partial charge >= 0.3 is 0 Å². The molecule has 86 valence electrons. The first-order valence-electron chi connectivity index (χ1n) is 5.51. The Balaban J connectivity index is 2.43. The summed E-state index contributed by atoms with van der Waals surface area (Å²) in [5, 5.41) is 9.08. The van der Waals surface area contributed by atoms with Crippen molar-refractivity contribution in [2.24, 2.45) is 0 Å². The molecular weight excluding hydrogens is 210 g/mol. The fourth-order valence-electron chi connectivity index (χ4n) is 1.95. The lowest BCUT2D eigenvalue weighted by Crippen LogP contribution is -2.15. The summed E-state index contributed by atoms with van der Waals surface area (Å²) < 4.78 is 0. The summed E-state index contributed by atoms with van der Waals surface area (Å²) in [5.41, 5.74) is 4.94. The maximum Gasteiger partial charge on any atom is 0.0504 e. The van der Waals surface area contributed by atoms with Crippen LogP contribution in [0.4, 0.5) is 0 Å². The predicted molar refractivity (Wildman–Crippen MR) is 68.8 cm³/mol. The van der Waals surface area contributed by atoms with Crippen LogP contribution in [0.5, 0.6) is 0 Å². The molecular formula is C15H15NO. The molecule has 0 saturated heterocycles. The van der Waals surface area contributed by atoms with Gasteiger partial charge in [-0.3, -0.25) is 10.7 Å². The van der Waals surface area contributed by atoms with Gasteiger partial charge in [-0.25, -0.2) is 0 Å². The summed E-state index contributed by atoms with van der Waals surface area (Å²) in [6, 6.07) is 20.0. The third-order valence-corrected chi connectivity index (χ3v) is 2.76. The Kier molecular flexibility index (Phi) is 3.58. The van der Waals surface area contributed by atoms with E-state index < -0.39 is 0 Å². The van der Waals surface area contributed by atoms with Crippen LogP contribution < -0.4 is 5.48 Å². The number of allylic oxidation sites excluding steroid dienone is 1. The number of hydrogen-bond donors (Lipinski definition) is 2. The second-order valence-corrected chi connectivity index (χ2v) is 3.89. The molecule has 0 atom stereocenters. The van der Waals surface area contributed by atoms with Gasteiger partial charge in [0.1, 0.15) is 0 Å². The van der Waals surface area contributed by atoms with E-state index >= 15 is 0 Å². The number of hydrogen-bond acceptors (Lipinski definition) is 2. The predicted octanol–water partition coefficient (Wildman–Crippen LogP) is 3.31. The van der Waals surface area contributed by atoms with Crippen LogP contribution in [0.1, 0.15) is 17.0 Å². The SMILES string of the molecule is C=C(NO)C(c1ccccc1)c1ccccc1. The molecule has 0 aromatic heterocycles. The van der Waals surface area contributed by atoms with Crippen LogP contribution in [0.2, 0.25) is 0 Å². The molecule has 0 aliphatic heterocycles. The van der Waals surface area contributed by atoms with Gasteiger partial charge in [-0.15, -0.1) is 0 Å².